The van der Waals surface area contributed by atoms with Gasteiger partial charge in [0.2, 0.25) is 0 Å². The Labute approximate surface area is 124 Å². The average Bonchev–Trinajstić information content (AvgIpc) is 2.86. The van der Waals surface area contributed by atoms with Gasteiger partial charge in [-0.25, -0.2) is 0 Å². The Morgan fingerprint density at radius 1 is 1.37 bits per heavy atom. The first-order valence-corrected chi connectivity index (χ1v) is 7.11. The van der Waals surface area contributed by atoms with Crippen molar-refractivity contribution in [2.75, 3.05) is 5.32 Å². The number of anilines is 1. The summed E-state index contributed by atoms with van der Waals surface area (Å²) in [6.45, 7) is 1.92. The lowest BCUT2D eigenvalue weighted by atomic mass is 10.1. The van der Waals surface area contributed by atoms with Gasteiger partial charge < -0.3 is 5.32 Å². The zero-order valence-electron chi connectivity index (χ0n) is 9.89. The van der Waals surface area contributed by atoms with Gasteiger partial charge in [-0.05, 0) is 35.4 Å². The van der Waals surface area contributed by atoms with Crippen molar-refractivity contribution in [2.24, 2.45) is 0 Å². The van der Waals surface area contributed by atoms with Gasteiger partial charge in [0.15, 0.2) is 0 Å². The number of nitrogens with one attached hydrogen (secondary N) is 1. The Hall–Kier alpha value is -1.30. The van der Waals surface area contributed by atoms with Crippen LogP contribution in [0.3, 0.4) is 0 Å². The van der Waals surface area contributed by atoms with Crippen molar-refractivity contribution >= 4 is 45.9 Å². The van der Waals surface area contributed by atoms with Crippen LogP contribution < -0.4 is 5.32 Å². The molecule has 2 rings (SSSR count). The average molecular weight is 317 g/mol. The summed E-state index contributed by atoms with van der Waals surface area (Å²) in [6, 6.07) is 4.64. The van der Waals surface area contributed by atoms with Gasteiger partial charge in [0.05, 0.1) is 15.0 Å². The molecule has 1 unspecified atom stereocenters. The molecule has 0 radical (unpaired) electrons. The molecule has 1 heterocycles. The maximum absolute atomic E-state index is 11.0. The largest absolute Gasteiger partial charge is 0.373 e. The third-order valence-electron chi connectivity index (χ3n) is 2.65. The van der Waals surface area contributed by atoms with E-state index in [9.17, 15) is 10.1 Å². The normalized spacial score (nSPS) is 12.2. The summed E-state index contributed by atoms with van der Waals surface area (Å²) < 4.78 is 0. The topological polar surface area (TPSA) is 55.2 Å². The Kier molecular flexibility index (Phi) is 4.29. The number of nitro benzene ring substituents is 1. The molecule has 0 bridgehead atoms. The highest BCUT2D eigenvalue weighted by Gasteiger charge is 2.19. The second-order valence-electron chi connectivity index (χ2n) is 3.96. The Bertz CT molecular complexity index is 602. The van der Waals surface area contributed by atoms with Gasteiger partial charge in [-0.1, -0.05) is 23.2 Å². The molecule has 0 aliphatic carbocycles. The van der Waals surface area contributed by atoms with Crippen LogP contribution in [-0.2, 0) is 0 Å². The van der Waals surface area contributed by atoms with Crippen LogP contribution >= 0.6 is 34.5 Å². The number of thiophene rings is 1. The fourth-order valence-electron chi connectivity index (χ4n) is 1.64. The van der Waals surface area contributed by atoms with E-state index in [0.29, 0.717) is 5.69 Å². The van der Waals surface area contributed by atoms with Crippen LogP contribution in [0.4, 0.5) is 11.4 Å². The van der Waals surface area contributed by atoms with E-state index >= 15 is 0 Å². The number of rotatable bonds is 4. The van der Waals surface area contributed by atoms with Gasteiger partial charge in [-0.15, -0.1) is 0 Å². The van der Waals surface area contributed by atoms with Crippen molar-refractivity contribution in [2.45, 2.75) is 13.0 Å². The zero-order valence-corrected chi connectivity index (χ0v) is 12.2. The van der Waals surface area contributed by atoms with Crippen molar-refractivity contribution in [3.63, 3.8) is 0 Å². The Balaban J connectivity index is 2.33. The van der Waals surface area contributed by atoms with Gasteiger partial charge in [0.25, 0.3) is 5.69 Å². The maximum Gasteiger partial charge on any atom is 0.293 e. The second-order valence-corrected chi connectivity index (χ2v) is 5.56. The van der Waals surface area contributed by atoms with Crippen molar-refractivity contribution in [1.29, 1.82) is 0 Å². The molecule has 0 amide bonds. The van der Waals surface area contributed by atoms with E-state index in [-0.39, 0.29) is 21.8 Å². The Morgan fingerprint density at radius 2 is 2.05 bits per heavy atom. The summed E-state index contributed by atoms with van der Waals surface area (Å²) in [7, 11) is 0. The molecule has 1 aromatic heterocycles. The first-order valence-electron chi connectivity index (χ1n) is 5.41. The van der Waals surface area contributed by atoms with Crippen molar-refractivity contribution in [1.82, 2.24) is 0 Å². The highest BCUT2D eigenvalue weighted by Crippen LogP contribution is 2.35. The summed E-state index contributed by atoms with van der Waals surface area (Å²) in [6.07, 6.45) is 0. The van der Waals surface area contributed by atoms with Crippen LogP contribution in [0.15, 0.2) is 29.0 Å². The molecule has 1 N–H and O–H groups in total. The lowest BCUT2D eigenvalue weighted by Gasteiger charge is -2.14. The molecule has 4 nitrogen and oxygen atoms in total. The molecule has 0 spiro atoms. The highest BCUT2D eigenvalue weighted by molar-refractivity contribution is 7.08. The molecule has 0 saturated heterocycles. The van der Waals surface area contributed by atoms with E-state index in [1.807, 2.05) is 23.8 Å². The minimum absolute atomic E-state index is 0.0535. The predicted molar refractivity (Wildman–Crippen MR) is 79.5 cm³/mol. The molecule has 1 aromatic carbocycles. The molecule has 0 saturated carbocycles. The summed E-state index contributed by atoms with van der Waals surface area (Å²) in [5, 5.41) is 18.5. The van der Waals surface area contributed by atoms with E-state index in [1.54, 1.807) is 11.3 Å². The van der Waals surface area contributed by atoms with Crippen LogP contribution in [0, 0.1) is 10.1 Å². The number of nitro groups is 1. The number of halogens is 2. The summed E-state index contributed by atoms with van der Waals surface area (Å²) in [5.74, 6) is 0. The number of hydrogen-bond donors (Lipinski definition) is 1. The highest BCUT2D eigenvalue weighted by atomic mass is 35.5. The molecule has 0 aliphatic heterocycles. The molecule has 100 valence electrons. The van der Waals surface area contributed by atoms with Gasteiger partial charge >= 0.3 is 0 Å². The zero-order chi connectivity index (χ0) is 14.0. The number of hydrogen-bond acceptors (Lipinski definition) is 4. The number of benzene rings is 1. The fourth-order valence-corrected chi connectivity index (χ4v) is 2.72. The molecular formula is C12H10Cl2N2O2S. The van der Waals surface area contributed by atoms with Crippen LogP contribution in [0.1, 0.15) is 18.5 Å². The lowest BCUT2D eigenvalue weighted by molar-refractivity contribution is -0.384. The third-order valence-corrected chi connectivity index (χ3v) is 4.07. The predicted octanol–water partition coefficient (Wildman–Crippen LogP) is 5.14. The van der Waals surface area contributed by atoms with E-state index in [1.165, 1.54) is 12.1 Å². The van der Waals surface area contributed by atoms with Crippen LogP contribution in [-0.4, -0.2) is 4.92 Å². The fraction of sp³-hybridized carbons (Fsp3) is 0.167. The van der Waals surface area contributed by atoms with E-state index in [2.05, 4.69) is 5.32 Å². The van der Waals surface area contributed by atoms with E-state index in [4.69, 9.17) is 23.2 Å². The molecule has 0 fully saturated rings. The smallest absolute Gasteiger partial charge is 0.293 e. The van der Waals surface area contributed by atoms with Crippen LogP contribution in [0.2, 0.25) is 10.0 Å². The van der Waals surface area contributed by atoms with Crippen molar-refractivity contribution in [3.05, 3.63) is 54.7 Å². The van der Waals surface area contributed by atoms with E-state index in [0.717, 1.165) is 5.56 Å². The van der Waals surface area contributed by atoms with Crippen molar-refractivity contribution < 1.29 is 4.92 Å². The molecule has 7 heteroatoms. The molecule has 1 atom stereocenters. The van der Waals surface area contributed by atoms with Gasteiger partial charge in [0.1, 0.15) is 5.69 Å². The maximum atomic E-state index is 11.0. The lowest BCUT2D eigenvalue weighted by Crippen LogP contribution is -2.07. The Morgan fingerprint density at radius 3 is 2.63 bits per heavy atom. The van der Waals surface area contributed by atoms with E-state index < -0.39 is 4.92 Å². The molecular weight excluding hydrogens is 307 g/mol. The minimum Gasteiger partial charge on any atom is -0.373 e. The summed E-state index contributed by atoms with van der Waals surface area (Å²) in [5.41, 5.74) is 1.33. The second kappa shape index (κ2) is 5.77. The summed E-state index contributed by atoms with van der Waals surface area (Å²) in [4.78, 5) is 10.5. The standard InChI is InChI=1S/C12H10Cl2N2O2S/c1-7(8-2-3-19-6-8)15-11-4-9(13)10(14)5-12(11)16(17)18/h2-7,15H,1H3. The number of nitrogens with zero attached hydrogens (tertiary/aromatic N) is 1. The third kappa shape index (κ3) is 3.18. The quantitative estimate of drug-likeness (QED) is 0.628. The van der Waals surface area contributed by atoms with Crippen molar-refractivity contribution in [3.8, 4) is 0 Å². The molecule has 0 aliphatic rings. The molecule has 2 aromatic rings. The van der Waals surface area contributed by atoms with Gasteiger partial charge in [-0.2, -0.15) is 11.3 Å². The first-order chi connectivity index (χ1) is 8.99. The molecule has 19 heavy (non-hydrogen) atoms. The van der Waals surface area contributed by atoms with Crippen LogP contribution in [0.25, 0.3) is 0 Å². The first kappa shape index (κ1) is 14.1. The summed E-state index contributed by atoms with van der Waals surface area (Å²) >= 11 is 13.3. The monoisotopic (exact) mass is 316 g/mol. The van der Waals surface area contributed by atoms with Gasteiger partial charge in [-0.3, -0.25) is 10.1 Å². The van der Waals surface area contributed by atoms with Crippen LogP contribution in [0.5, 0.6) is 0 Å². The van der Waals surface area contributed by atoms with Gasteiger partial charge in [0, 0.05) is 12.1 Å². The minimum atomic E-state index is -0.481. The SMILES string of the molecule is CC(Nc1cc(Cl)c(Cl)cc1[N+](=O)[O-])c1ccsc1.